The number of halogens is 3. The largest absolute Gasteiger partial charge is 0.416 e. The Hall–Kier alpha value is -3.42. The number of carbonyl (C=O) groups excluding carboxylic acids is 2. The zero-order valence-corrected chi connectivity index (χ0v) is 22.6. The summed E-state index contributed by atoms with van der Waals surface area (Å²) in [7, 11) is 1.67. The second-order valence-corrected chi connectivity index (χ2v) is 10.6. The van der Waals surface area contributed by atoms with Crippen molar-refractivity contribution in [1.82, 2.24) is 4.90 Å². The van der Waals surface area contributed by atoms with Crippen molar-refractivity contribution < 1.29 is 27.5 Å². The molecule has 2 fully saturated rings. The lowest BCUT2D eigenvalue weighted by molar-refractivity contribution is -0.137. The first kappa shape index (κ1) is 28.6. The number of hydrogen-bond donors (Lipinski definition) is 1. The van der Waals surface area contributed by atoms with E-state index in [4.69, 9.17) is 4.74 Å². The molecule has 208 valence electrons. The number of benzene rings is 2. The highest BCUT2D eigenvalue weighted by Gasteiger charge is 2.56. The molecule has 2 aromatic rings. The monoisotopic (exact) mass is 542 g/mol. The number of methoxy groups -OCH3 is 1. The van der Waals surface area contributed by atoms with Gasteiger partial charge in [-0.05, 0) is 56.0 Å². The van der Waals surface area contributed by atoms with Gasteiger partial charge in [0.15, 0.2) is 0 Å². The fourth-order valence-electron chi connectivity index (χ4n) is 5.80. The van der Waals surface area contributed by atoms with Crippen molar-refractivity contribution in [3.63, 3.8) is 0 Å². The van der Waals surface area contributed by atoms with Gasteiger partial charge in [-0.25, -0.2) is 0 Å². The van der Waals surface area contributed by atoms with Crippen LogP contribution in [0.2, 0.25) is 0 Å². The number of nitrogens with one attached hydrogen (secondary N) is 1. The summed E-state index contributed by atoms with van der Waals surface area (Å²) in [6.45, 7) is 7.19. The maximum absolute atomic E-state index is 14.1. The molecule has 2 saturated heterocycles. The molecule has 2 aliphatic rings. The van der Waals surface area contributed by atoms with Gasteiger partial charge in [-0.15, -0.1) is 0 Å². The highest BCUT2D eigenvalue weighted by atomic mass is 19.4. The van der Waals surface area contributed by atoms with Crippen LogP contribution in [0.25, 0.3) is 0 Å². The van der Waals surface area contributed by atoms with Crippen molar-refractivity contribution in [3.8, 4) is 6.07 Å². The van der Waals surface area contributed by atoms with E-state index in [1.54, 1.807) is 25.0 Å². The van der Waals surface area contributed by atoms with Crippen molar-refractivity contribution in [3.05, 3.63) is 58.7 Å². The first-order valence-corrected chi connectivity index (χ1v) is 13.0. The van der Waals surface area contributed by atoms with Crippen LogP contribution in [0.4, 0.5) is 24.5 Å². The third kappa shape index (κ3) is 5.65. The summed E-state index contributed by atoms with van der Waals surface area (Å²) in [5.74, 6) is -1.50. The van der Waals surface area contributed by atoms with Crippen LogP contribution >= 0.6 is 0 Å². The summed E-state index contributed by atoms with van der Waals surface area (Å²) >= 11 is 0. The Morgan fingerprint density at radius 3 is 2.38 bits per heavy atom. The Balaban J connectivity index is 1.73. The van der Waals surface area contributed by atoms with Crippen LogP contribution in [-0.4, -0.2) is 56.1 Å². The van der Waals surface area contributed by atoms with Crippen LogP contribution in [0.3, 0.4) is 0 Å². The minimum atomic E-state index is -4.69. The van der Waals surface area contributed by atoms with E-state index in [0.29, 0.717) is 13.1 Å². The Morgan fingerprint density at radius 1 is 1.18 bits per heavy atom. The first-order valence-electron chi connectivity index (χ1n) is 13.0. The molecule has 2 heterocycles. The number of aryl methyl sites for hydroxylation is 2. The van der Waals surface area contributed by atoms with Gasteiger partial charge >= 0.3 is 6.18 Å². The van der Waals surface area contributed by atoms with Gasteiger partial charge in [0.25, 0.3) is 0 Å². The van der Waals surface area contributed by atoms with Crippen molar-refractivity contribution in [2.75, 3.05) is 43.5 Å². The van der Waals surface area contributed by atoms with Crippen LogP contribution in [0, 0.1) is 36.5 Å². The third-order valence-corrected chi connectivity index (χ3v) is 8.09. The highest BCUT2D eigenvalue weighted by Crippen LogP contribution is 2.43. The van der Waals surface area contributed by atoms with Crippen molar-refractivity contribution in [2.24, 2.45) is 11.3 Å². The fourth-order valence-corrected chi connectivity index (χ4v) is 5.80. The predicted octanol–water partition coefficient (Wildman–Crippen LogP) is 4.91. The number of anilines is 2. The zero-order chi connectivity index (χ0) is 28.5. The lowest BCUT2D eigenvalue weighted by Crippen LogP contribution is -2.52. The van der Waals surface area contributed by atoms with E-state index in [0.717, 1.165) is 41.8 Å². The molecule has 0 radical (unpaired) electrons. The van der Waals surface area contributed by atoms with E-state index in [2.05, 4.69) is 10.2 Å². The summed E-state index contributed by atoms with van der Waals surface area (Å²) in [5.41, 5.74) is -0.0913. The van der Waals surface area contributed by atoms with E-state index < -0.39 is 29.0 Å². The van der Waals surface area contributed by atoms with Crippen LogP contribution in [0.15, 0.2) is 36.4 Å². The lowest BCUT2D eigenvalue weighted by atomic mass is 9.76. The number of likely N-dealkylation sites (tertiary alicyclic amines) is 1. The van der Waals surface area contributed by atoms with Gasteiger partial charge in [0.1, 0.15) is 0 Å². The standard InChI is InChI=1S/C29H33F3N4O3/c1-18-6-5-7-19(2)25(18)36-17-28(20(3)26(36)37,16-35-10-8-24(39-4)9-11-35)27(38)34-23-13-21(15-33)12-22(14-23)29(30,31)32/h5-7,12-14,20,24H,8-11,16-17H2,1-4H3,(H,34,38)/t20-,28-/m1/s1. The smallest absolute Gasteiger partial charge is 0.381 e. The minimum Gasteiger partial charge on any atom is -0.381 e. The SMILES string of the molecule is COC1CCN(C[C@@]2(C(=O)Nc3cc(C#N)cc(C(F)(F)F)c3)CN(c3c(C)cccc3C)C(=O)[C@H]2C)CC1. The van der Waals surface area contributed by atoms with Gasteiger partial charge in [-0.1, -0.05) is 25.1 Å². The summed E-state index contributed by atoms with van der Waals surface area (Å²) < 4.78 is 46.0. The fraction of sp³-hybridized carbons (Fsp3) is 0.483. The molecular weight excluding hydrogens is 509 g/mol. The van der Waals surface area contributed by atoms with E-state index in [1.165, 1.54) is 6.07 Å². The summed E-state index contributed by atoms with van der Waals surface area (Å²) in [4.78, 5) is 31.6. The maximum atomic E-state index is 14.1. The second kappa shape index (κ2) is 11.0. The van der Waals surface area contributed by atoms with Crippen LogP contribution < -0.4 is 10.2 Å². The molecule has 7 nitrogen and oxygen atoms in total. The van der Waals surface area contributed by atoms with Crippen molar-refractivity contribution >= 4 is 23.2 Å². The average molecular weight is 543 g/mol. The van der Waals surface area contributed by atoms with Gasteiger partial charge in [0.05, 0.1) is 34.6 Å². The van der Waals surface area contributed by atoms with Gasteiger partial charge in [0, 0.05) is 44.7 Å². The Morgan fingerprint density at radius 2 is 1.82 bits per heavy atom. The third-order valence-electron chi connectivity index (χ3n) is 8.09. The molecular formula is C29H33F3N4O3. The molecule has 0 aromatic heterocycles. The number of carbonyl (C=O) groups is 2. The normalized spacial score (nSPS) is 22.7. The van der Waals surface area contributed by atoms with E-state index >= 15 is 0 Å². The molecule has 0 spiro atoms. The lowest BCUT2D eigenvalue weighted by Gasteiger charge is -2.39. The van der Waals surface area contributed by atoms with Gasteiger partial charge in [-0.2, -0.15) is 18.4 Å². The number of nitrogens with zero attached hydrogens (tertiary/aromatic N) is 3. The van der Waals surface area contributed by atoms with Gasteiger partial charge in [0.2, 0.25) is 11.8 Å². The number of ether oxygens (including phenoxy) is 1. The molecule has 0 saturated carbocycles. The number of piperidine rings is 1. The average Bonchev–Trinajstić information content (AvgIpc) is 3.14. The number of nitriles is 1. The van der Waals surface area contributed by atoms with E-state index in [1.807, 2.05) is 32.0 Å². The molecule has 39 heavy (non-hydrogen) atoms. The number of alkyl halides is 3. The summed E-state index contributed by atoms with van der Waals surface area (Å²) in [6, 6.07) is 10.2. The Labute approximate surface area is 226 Å². The topological polar surface area (TPSA) is 85.7 Å². The molecule has 0 unspecified atom stereocenters. The number of para-hydroxylation sites is 1. The van der Waals surface area contributed by atoms with Gasteiger partial charge in [-0.3, -0.25) is 9.59 Å². The van der Waals surface area contributed by atoms with Crippen molar-refractivity contribution in [1.29, 1.82) is 5.26 Å². The van der Waals surface area contributed by atoms with Crippen molar-refractivity contribution in [2.45, 2.75) is 45.9 Å². The second-order valence-electron chi connectivity index (χ2n) is 10.6. The molecule has 2 aliphatic heterocycles. The summed E-state index contributed by atoms with van der Waals surface area (Å²) in [5, 5.41) is 12.0. The molecule has 2 atom stereocenters. The molecule has 10 heteroatoms. The van der Waals surface area contributed by atoms with E-state index in [9.17, 15) is 28.0 Å². The minimum absolute atomic E-state index is 0.0821. The van der Waals surface area contributed by atoms with Crippen LogP contribution in [0.5, 0.6) is 0 Å². The molecule has 4 rings (SSSR count). The first-order chi connectivity index (χ1) is 18.4. The Bertz CT molecular complexity index is 1280. The van der Waals surface area contributed by atoms with Crippen LogP contribution in [0.1, 0.15) is 42.0 Å². The van der Waals surface area contributed by atoms with Gasteiger partial charge < -0.3 is 19.9 Å². The predicted molar refractivity (Wildman–Crippen MR) is 141 cm³/mol. The zero-order valence-electron chi connectivity index (χ0n) is 22.6. The molecule has 2 amide bonds. The summed E-state index contributed by atoms with van der Waals surface area (Å²) in [6.07, 6.45) is -3.02. The molecule has 0 bridgehead atoms. The molecule has 0 aliphatic carbocycles. The Kier molecular flexibility index (Phi) is 8.05. The number of rotatable bonds is 6. The molecule has 2 aromatic carbocycles. The number of amides is 2. The number of hydrogen-bond acceptors (Lipinski definition) is 5. The highest BCUT2D eigenvalue weighted by molar-refractivity contribution is 6.08. The maximum Gasteiger partial charge on any atom is 0.416 e. The molecule has 1 N–H and O–H groups in total. The van der Waals surface area contributed by atoms with Crippen LogP contribution in [-0.2, 0) is 20.5 Å². The van der Waals surface area contributed by atoms with E-state index in [-0.39, 0.29) is 36.4 Å². The quantitative estimate of drug-likeness (QED) is 0.561.